The predicted molar refractivity (Wildman–Crippen MR) is 135 cm³/mol. The van der Waals surface area contributed by atoms with Gasteiger partial charge in [0.1, 0.15) is 5.75 Å². The van der Waals surface area contributed by atoms with Gasteiger partial charge in [-0.15, -0.1) is 24.2 Å². The number of fused-ring (bicyclic) bond motifs is 1. The first-order valence-corrected chi connectivity index (χ1v) is 12.3. The number of rotatable bonds is 8. The Bertz CT molecular complexity index is 1020. The summed E-state index contributed by atoms with van der Waals surface area (Å²) in [5.74, 6) is 1.78. The average Bonchev–Trinajstić information content (AvgIpc) is 3.23. The van der Waals surface area contributed by atoms with E-state index >= 15 is 0 Å². The Labute approximate surface area is 203 Å². The third-order valence-electron chi connectivity index (χ3n) is 5.22. The number of methoxy groups -OCH3 is 1. The van der Waals surface area contributed by atoms with Crippen molar-refractivity contribution in [2.24, 2.45) is 0 Å². The Morgan fingerprint density at radius 2 is 1.97 bits per heavy atom. The second kappa shape index (κ2) is 11.9. The van der Waals surface area contributed by atoms with Crippen molar-refractivity contribution in [1.29, 1.82) is 0 Å². The summed E-state index contributed by atoms with van der Waals surface area (Å²) in [5, 5.41) is 0.716. The fourth-order valence-corrected chi connectivity index (χ4v) is 5.18. The van der Waals surface area contributed by atoms with Crippen LogP contribution in [0.2, 0.25) is 0 Å². The van der Waals surface area contributed by atoms with Gasteiger partial charge in [-0.25, -0.2) is 4.98 Å². The van der Waals surface area contributed by atoms with Crippen LogP contribution >= 0.6 is 35.5 Å². The van der Waals surface area contributed by atoms with Crippen molar-refractivity contribution in [1.82, 2.24) is 9.88 Å². The number of amides is 1. The molecule has 172 valence electrons. The summed E-state index contributed by atoms with van der Waals surface area (Å²) < 4.78 is 11.8. The maximum Gasteiger partial charge on any atom is 0.260 e. The molecular formula is C23H28ClN3O3S2. The topological polar surface area (TPSA) is 54.9 Å². The molecule has 0 aliphatic carbocycles. The standard InChI is InChI=1S/C23H27N3O3S2.ClH/c1-3-30-19-7-4-17(5-8-19)22(27)26(11-10-25-12-14-29-15-13-25)23-24-20-9-6-18(28-2)16-21(20)31-23;/h4-9,16H,3,10-15H2,1-2H3;1H. The van der Waals surface area contributed by atoms with Gasteiger partial charge in [0.2, 0.25) is 0 Å². The fraction of sp³-hybridized carbons (Fsp3) is 0.391. The Morgan fingerprint density at radius 1 is 1.22 bits per heavy atom. The number of nitrogens with zero attached hydrogens (tertiary/aromatic N) is 3. The van der Waals surface area contributed by atoms with Gasteiger partial charge < -0.3 is 9.47 Å². The molecule has 1 saturated heterocycles. The van der Waals surface area contributed by atoms with Crippen LogP contribution in [-0.4, -0.2) is 68.0 Å². The highest BCUT2D eigenvalue weighted by Crippen LogP contribution is 2.32. The number of aromatic nitrogens is 1. The van der Waals surface area contributed by atoms with E-state index in [1.807, 2.05) is 47.4 Å². The molecule has 6 nitrogen and oxygen atoms in total. The van der Waals surface area contributed by atoms with E-state index in [1.165, 1.54) is 16.2 Å². The van der Waals surface area contributed by atoms with E-state index < -0.39 is 0 Å². The van der Waals surface area contributed by atoms with Gasteiger partial charge in [-0.2, -0.15) is 0 Å². The quantitative estimate of drug-likeness (QED) is 0.419. The number of benzene rings is 2. The first-order chi connectivity index (χ1) is 15.2. The number of hydrogen-bond acceptors (Lipinski definition) is 7. The van der Waals surface area contributed by atoms with E-state index in [2.05, 4.69) is 11.8 Å². The lowest BCUT2D eigenvalue weighted by atomic mass is 10.2. The third kappa shape index (κ3) is 5.94. The molecule has 2 heterocycles. The minimum atomic E-state index is -0.0210. The second-order valence-corrected chi connectivity index (χ2v) is 9.54. The SMILES string of the molecule is CCSc1ccc(C(=O)N(CCN2CCOCC2)c2nc3ccc(OC)cc3s2)cc1.Cl. The van der Waals surface area contributed by atoms with Gasteiger partial charge in [0.05, 0.1) is 30.5 Å². The monoisotopic (exact) mass is 493 g/mol. The highest BCUT2D eigenvalue weighted by molar-refractivity contribution is 7.99. The van der Waals surface area contributed by atoms with E-state index in [9.17, 15) is 4.79 Å². The lowest BCUT2D eigenvalue weighted by molar-refractivity contribution is 0.0391. The molecule has 0 bridgehead atoms. The van der Waals surface area contributed by atoms with Crippen LogP contribution < -0.4 is 9.64 Å². The average molecular weight is 494 g/mol. The molecule has 0 unspecified atom stereocenters. The largest absolute Gasteiger partial charge is 0.497 e. The van der Waals surface area contributed by atoms with E-state index in [4.69, 9.17) is 14.5 Å². The molecule has 1 aliphatic heterocycles. The number of carbonyl (C=O) groups excluding carboxylic acids is 1. The molecule has 0 spiro atoms. The molecule has 3 aromatic rings. The van der Waals surface area contributed by atoms with Crippen molar-refractivity contribution in [3.63, 3.8) is 0 Å². The smallest absolute Gasteiger partial charge is 0.260 e. The van der Waals surface area contributed by atoms with Crippen molar-refractivity contribution < 1.29 is 14.3 Å². The van der Waals surface area contributed by atoms with Crippen LogP contribution in [0.25, 0.3) is 10.2 Å². The van der Waals surface area contributed by atoms with E-state index in [0.717, 1.165) is 54.6 Å². The van der Waals surface area contributed by atoms with E-state index in [0.29, 0.717) is 17.2 Å². The molecule has 0 radical (unpaired) electrons. The van der Waals surface area contributed by atoms with Gasteiger partial charge in [-0.05, 0) is 48.2 Å². The van der Waals surface area contributed by atoms with Gasteiger partial charge in [-0.1, -0.05) is 18.3 Å². The van der Waals surface area contributed by atoms with Gasteiger partial charge in [0.15, 0.2) is 5.13 Å². The number of hydrogen-bond donors (Lipinski definition) is 0. The van der Waals surface area contributed by atoms with Crippen LogP contribution in [-0.2, 0) is 4.74 Å². The number of thiazole rings is 1. The van der Waals surface area contributed by atoms with E-state index in [-0.39, 0.29) is 18.3 Å². The maximum atomic E-state index is 13.5. The molecule has 32 heavy (non-hydrogen) atoms. The number of halogens is 1. The van der Waals surface area contributed by atoms with Crippen LogP contribution in [0.4, 0.5) is 5.13 Å². The minimum absolute atomic E-state index is 0. The first-order valence-electron chi connectivity index (χ1n) is 10.5. The van der Waals surface area contributed by atoms with Crippen LogP contribution in [0.15, 0.2) is 47.4 Å². The summed E-state index contributed by atoms with van der Waals surface area (Å²) in [6.07, 6.45) is 0. The zero-order chi connectivity index (χ0) is 21.6. The first kappa shape index (κ1) is 24.8. The molecule has 2 aromatic carbocycles. The molecule has 0 saturated carbocycles. The van der Waals surface area contributed by atoms with Gasteiger partial charge in [0.25, 0.3) is 5.91 Å². The number of ether oxygens (including phenoxy) is 2. The zero-order valence-electron chi connectivity index (χ0n) is 18.3. The molecule has 1 aromatic heterocycles. The highest BCUT2D eigenvalue weighted by Gasteiger charge is 2.23. The van der Waals surface area contributed by atoms with Gasteiger partial charge in [-0.3, -0.25) is 14.6 Å². The summed E-state index contributed by atoms with van der Waals surface area (Å²) in [4.78, 5) is 23.6. The number of thioether (sulfide) groups is 1. The minimum Gasteiger partial charge on any atom is -0.497 e. The molecule has 4 rings (SSSR count). The molecular weight excluding hydrogens is 466 g/mol. The van der Waals surface area contributed by atoms with Crippen molar-refractivity contribution in [2.45, 2.75) is 11.8 Å². The number of carbonyl (C=O) groups is 1. The van der Waals surface area contributed by atoms with Crippen LogP contribution in [0, 0.1) is 0 Å². The maximum absolute atomic E-state index is 13.5. The summed E-state index contributed by atoms with van der Waals surface area (Å²) in [5.41, 5.74) is 1.55. The van der Waals surface area contributed by atoms with Crippen LogP contribution in [0.5, 0.6) is 5.75 Å². The summed E-state index contributed by atoms with van der Waals surface area (Å²) in [6, 6.07) is 13.7. The molecule has 1 aliphatic rings. The molecule has 0 atom stereocenters. The van der Waals surface area contributed by atoms with Crippen LogP contribution in [0.3, 0.4) is 0 Å². The third-order valence-corrected chi connectivity index (χ3v) is 7.15. The zero-order valence-corrected chi connectivity index (χ0v) is 20.7. The lowest BCUT2D eigenvalue weighted by Gasteiger charge is -2.29. The van der Waals surface area contributed by atoms with E-state index in [1.54, 1.807) is 18.9 Å². The Morgan fingerprint density at radius 3 is 2.66 bits per heavy atom. The fourth-order valence-electron chi connectivity index (χ4n) is 3.50. The predicted octanol–water partition coefficient (Wildman–Crippen LogP) is 4.82. The molecule has 0 N–H and O–H groups in total. The summed E-state index contributed by atoms with van der Waals surface area (Å²) >= 11 is 3.29. The number of morpholine rings is 1. The molecule has 9 heteroatoms. The van der Waals surface area contributed by atoms with Crippen molar-refractivity contribution >= 4 is 56.8 Å². The van der Waals surface area contributed by atoms with Gasteiger partial charge >= 0.3 is 0 Å². The normalized spacial score (nSPS) is 14.2. The van der Waals surface area contributed by atoms with Crippen molar-refractivity contribution in [3.05, 3.63) is 48.0 Å². The Balaban J connectivity index is 0.00000289. The Kier molecular flexibility index (Phi) is 9.19. The second-order valence-electron chi connectivity index (χ2n) is 7.20. The molecule has 1 fully saturated rings. The highest BCUT2D eigenvalue weighted by atomic mass is 35.5. The summed E-state index contributed by atoms with van der Waals surface area (Å²) in [6.45, 7) is 6.76. The Hall–Kier alpha value is -1.84. The van der Waals surface area contributed by atoms with Gasteiger partial charge in [0, 0.05) is 36.6 Å². The van der Waals surface area contributed by atoms with Crippen LogP contribution in [0.1, 0.15) is 17.3 Å². The number of anilines is 1. The molecule has 1 amide bonds. The van der Waals surface area contributed by atoms with Crippen molar-refractivity contribution in [3.8, 4) is 5.75 Å². The lowest BCUT2D eigenvalue weighted by Crippen LogP contribution is -2.43. The van der Waals surface area contributed by atoms with Crippen molar-refractivity contribution in [2.75, 3.05) is 57.2 Å². The summed E-state index contributed by atoms with van der Waals surface area (Å²) in [7, 11) is 1.65.